The van der Waals surface area contributed by atoms with Crippen LogP contribution in [0.5, 0.6) is 0 Å². The van der Waals surface area contributed by atoms with E-state index in [9.17, 15) is 13.2 Å². The summed E-state index contributed by atoms with van der Waals surface area (Å²) in [5.74, 6) is -0.304. The van der Waals surface area contributed by atoms with E-state index >= 15 is 0 Å². The minimum absolute atomic E-state index is 0. The summed E-state index contributed by atoms with van der Waals surface area (Å²) in [6, 6.07) is 0. The van der Waals surface area contributed by atoms with Gasteiger partial charge in [0.2, 0.25) is 39.3 Å². The third-order valence-electron chi connectivity index (χ3n) is 9.71. The first kappa shape index (κ1) is 79.9. The van der Waals surface area contributed by atoms with Gasteiger partial charge in [0.25, 0.3) is 0 Å². The fourth-order valence-corrected chi connectivity index (χ4v) is 5.66. The van der Waals surface area contributed by atoms with Crippen LogP contribution in [-0.2, 0) is 63.5 Å². The molecule has 0 rings (SSSR count). The molecule has 0 aromatic carbocycles. The Morgan fingerprint density at radius 3 is 0.841 bits per heavy atom. The molecule has 1 radical (unpaired) electrons. The maximum atomic E-state index is 12.0. The van der Waals surface area contributed by atoms with Crippen molar-refractivity contribution in [1.29, 1.82) is 0 Å². The van der Waals surface area contributed by atoms with Gasteiger partial charge in [0.1, 0.15) is 43.4 Å². The molecule has 0 aliphatic carbocycles. The van der Waals surface area contributed by atoms with Gasteiger partial charge in [-0.3, -0.25) is 4.79 Å². The fraction of sp³-hybridized carbons (Fsp3) is 0.863. The Morgan fingerprint density at radius 1 is 0.406 bits per heavy atom. The van der Waals surface area contributed by atoms with Crippen molar-refractivity contribution < 1.29 is 67.2 Å². The van der Waals surface area contributed by atoms with Crippen molar-refractivity contribution in [3.63, 3.8) is 0 Å². The van der Waals surface area contributed by atoms with Gasteiger partial charge in [-0.05, 0) is 102 Å². The average molecular weight is 1170 g/mol. The zero-order valence-corrected chi connectivity index (χ0v) is 49.5. The molecule has 0 atom stereocenters. The molecule has 1 N–H and O–H groups in total. The molecular weight excluding hydrogens is 1070 g/mol. The van der Waals surface area contributed by atoms with Crippen LogP contribution in [0.3, 0.4) is 0 Å². The summed E-state index contributed by atoms with van der Waals surface area (Å²) in [6.07, 6.45) is 11.0. The van der Waals surface area contributed by atoms with Crippen LogP contribution in [0.1, 0.15) is 160 Å². The molecule has 0 aromatic rings. The van der Waals surface area contributed by atoms with Gasteiger partial charge in [-0.2, -0.15) is 0 Å². The van der Waals surface area contributed by atoms with Gasteiger partial charge in [0.15, 0.2) is 0 Å². The van der Waals surface area contributed by atoms with Crippen LogP contribution < -0.4 is 0 Å². The summed E-state index contributed by atoms with van der Waals surface area (Å²) >= 11 is 0. The summed E-state index contributed by atoms with van der Waals surface area (Å²) in [5, 5.41) is 8.56. The number of aliphatic carboxylic acids is 1. The molecular formula is C51H94N6O10ReS. The second kappa shape index (κ2) is 47.1. The maximum Gasteiger partial charge on any atom is 0.303 e. The number of hydrogen-bond donors (Lipinski definition) is 1. The fourth-order valence-electron chi connectivity index (χ4n) is 4.25. The number of carboxylic acids is 1. The second-order valence-corrected chi connectivity index (χ2v) is 21.8. The smallest absolute Gasteiger partial charge is 0.303 e. The first-order valence-corrected chi connectivity index (χ1v) is 24.9. The van der Waals surface area contributed by atoms with Gasteiger partial charge in [0.05, 0.1) is 11.5 Å². The quantitative estimate of drug-likeness (QED) is 0.0566. The Hall–Kier alpha value is -3.22. The van der Waals surface area contributed by atoms with Gasteiger partial charge < -0.3 is 62.6 Å². The van der Waals surface area contributed by atoms with E-state index in [0.29, 0.717) is 45.8 Å². The Morgan fingerprint density at radius 2 is 0.623 bits per heavy atom. The Balaban J connectivity index is -0.000000153. The normalized spacial score (nSPS) is 11.1. The van der Waals surface area contributed by atoms with E-state index in [1.165, 1.54) is 12.8 Å². The molecule has 0 fully saturated rings. The zero-order valence-electron chi connectivity index (χ0n) is 45.9. The van der Waals surface area contributed by atoms with Gasteiger partial charge in [-0.15, -0.1) is 0 Å². The predicted octanol–water partition coefficient (Wildman–Crippen LogP) is 11.5. The number of ether oxygens (including phenoxy) is 6. The molecule has 69 heavy (non-hydrogen) atoms. The van der Waals surface area contributed by atoms with Crippen molar-refractivity contribution in [2.75, 3.05) is 92.9 Å². The Bertz CT molecular complexity index is 1470. The average Bonchev–Trinajstić information content (AvgIpc) is 3.24. The molecule has 0 aliphatic heterocycles. The van der Waals surface area contributed by atoms with Crippen LogP contribution in [0.25, 0.3) is 29.1 Å². The number of carbonyl (C=O) groups is 1. The van der Waals surface area contributed by atoms with Gasteiger partial charge in [-0.1, -0.05) is 51.4 Å². The number of unbranched alkanes of at least 4 members (excludes halogenated alkanes) is 9. The molecule has 18 heteroatoms. The molecule has 0 aliphatic rings. The number of rotatable bonds is 29. The maximum absolute atomic E-state index is 12.0. The number of nitrogens with zero attached hydrogens (tertiary/aromatic N) is 6. The molecule has 0 spiro atoms. The number of methoxy groups -OCH3 is 5. The van der Waals surface area contributed by atoms with Gasteiger partial charge in [0, 0.05) is 69.0 Å². The molecule has 16 nitrogen and oxygen atoms in total. The number of carboxylic acid groups (broad SMARTS) is 1. The van der Waals surface area contributed by atoms with Gasteiger partial charge in [-0.25, -0.2) is 47.9 Å². The monoisotopic (exact) mass is 1170 g/mol. The third-order valence-corrected chi connectivity index (χ3v) is 11.5. The molecule has 0 amide bonds. The van der Waals surface area contributed by atoms with Crippen LogP contribution in [0.4, 0.5) is 0 Å². The minimum Gasteiger partial charge on any atom is -0.481 e. The van der Waals surface area contributed by atoms with Crippen LogP contribution in [0.2, 0.25) is 0 Å². The summed E-state index contributed by atoms with van der Waals surface area (Å²) in [7, 11) is 5.07. The number of sulfone groups is 1. The third kappa shape index (κ3) is 69.1. The molecule has 0 aromatic heterocycles. The van der Waals surface area contributed by atoms with Crippen molar-refractivity contribution >= 4 is 15.8 Å². The number of hydrogen-bond acceptors (Lipinski definition) is 9. The Kier molecular flexibility index (Phi) is 54.6. The molecule has 0 saturated carbocycles. The molecule has 0 saturated heterocycles. The largest absolute Gasteiger partial charge is 0.481 e. The summed E-state index contributed by atoms with van der Waals surface area (Å²) < 4.78 is 54.5. The van der Waals surface area contributed by atoms with Crippen LogP contribution in [0, 0.1) is 39.4 Å². The van der Waals surface area contributed by atoms with E-state index in [4.69, 9.17) is 73.0 Å². The molecule has 0 bridgehead atoms. The van der Waals surface area contributed by atoms with Crippen molar-refractivity contribution in [2.45, 2.75) is 194 Å². The van der Waals surface area contributed by atoms with E-state index in [0.717, 1.165) is 51.4 Å². The minimum atomic E-state index is -3.01. The predicted molar refractivity (Wildman–Crippen MR) is 276 cm³/mol. The van der Waals surface area contributed by atoms with Crippen molar-refractivity contribution in [3.05, 3.63) is 68.5 Å². The summed E-state index contributed by atoms with van der Waals surface area (Å²) in [4.78, 5) is 29.7. The zero-order chi connectivity index (χ0) is 54.4. The van der Waals surface area contributed by atoms with E-state index in [1.54, 1.807) is 35.5 Å². The topological polar surface area (TPSA) is 153 Å². The molecule has 401 valence electrons. The first-order valence-electron chi connectivity index (χ1n) is 23.1. The Labute approximate surface area is 436 Å². The van der Waals surface area contributed by atoms with Crippen LogP contribution in [-0.4, -0.2) is 146 Å². The SMILES string of the molecule is [C-]#[N+]CC(C)(C)OC.[C-]#[N+]CC(C)(C)OC.[C-]#[N+]CC(C)(C)OC.[C-]#[N+]CC(C)(C)OC.[C-]#[N+]CC(C)(C)OC.[C-]#[N+]CC(C)(C)OCCCS(=O)(=O)CCCCCCCCCCCCC(=O)O.[Re]. The van der Waals surface area contributed by atoms with Crippen LogP contribution >= 0.6 is 0 Å². The van der Waals surface area contributed by atoms with E-state index in [-0.39, 0.29) is 72.9 Å². The first-order chi connectivity index (χ1) is 31.3. The summed E-state index contributed by atoms with van der Waals surface area (Å²) in [6.45, 7) is 64.9. The van der Waals surface area contributed by atoms with E-state index in [1.807, 2.05) is 83.1 Å². The van der Waals surface area contributed by atoms with Crippen molar-refractivity contribution in [3.8, 4) is 0 Å². The second-order valence-electron chi connectivity index (χ2n) is 19.5. The molecule has 0 unspecified atom stereocenters. The standard InChI is InChI=1S/C21H39NO5S.5C6H11NO.Re/c1-21(2,19-22-3)27-16-14-18-28(25,26)17-13-11-9-7-5-4-6-8-10-12-15-20(23)24;5*1-6(2,8-4)5-7-3;/h4-19H2,1-2H3,(H,23,24);5*5H2,1-2,4H3;. The van der Waals surface area contributed by atoms with E-state index in [2.05, 4.69) is 29.1 Å². The van der Waals surface area contributed by atoms with E-state index < -0.39 is 21.4 Å². The van der Waals surface area contributed by atoms with Crippen LogP contribution in [0.15, 0.2) is 0 Å². The van der Waals surface area contributed by atoms with Crippen molar-refractivity contribution in [1.82, 2.24) is 0 Å². The van der Waals surface area contributed by atoms with Crippen molar-refractivity contribution in [2.24, 2.45) is 0 Å². The summed E-state index contributed by atoms with van der Waals surface area (Å²) in [5.41, 5.74) is -1.82. The molecule has 0 heterocycles. The van der Waals surface area contributed by atoms with Gasteiger partial charge >= 0.3 is 5.97 Å².